The van der Waals surface area contributed by atoms with Gasteiger partial charge in [-0.3, -0.25) is 9.58 Å². The molecule has 3 nitrogen and oxygen atoms in total. The van der Waals surface area contributed by atoms with Crippen LogP contribution in [-0.2, 0) is 6.54 Å². The quantitative estimate of drug-likeness (QED) is 0.842. The summed E-state index contributed by atoms with van der Waals surface area (Å²) in [5.74, 6) is -0.162. The summed E-state index contributed by atoms with van der Waals surface area (Å²) >= 11 is 0. The first-order valence-electron chi connectivity index (χ1n) is 6.80. The number of aromatic nitrogens is 2. The van der Waals surface area contributed by atoms with Crippen molar-refractivity contribution in [2.24, 2.45) is 0 Å². The monoisotopic (exact) mass is 259 g/mol. The molecular formula is C15H18FN3. The molecular weight excluding hydrogens is 241 g/mol. The fraction of sp³-hybridized carbons (Fsp3) is 0.400. The lowest BCUT2D eigenvalue weighted by molar-refractivity contribution is 0.243. The van der Waals surface area contributed by atoms with Gasteiger partial charge in [0.05, 0.1) is 6.54 Å². The van der Waals surface area contributed by atoms with E-state index in [-0.39, 0.29) is 5.82 Å². The number of hydrogen-bond acceptors (Lipinski definition) is 2. The smallest absolute Gasteiger partial charge is 0.123 e. The van der Waals surface area contributed by atoms with Crippen LogP contribution in [0.5, 0.6) is 0 Å². The van der Waals surface area contributed by atoms with E-state index in [1.807, 2.05) is 29.1 Å². The van der Waals surface area contributed by atoms with Gasteiger partial charge in [0.25, 0.3) is 0 Å². The first-order chi connectivity index (χ1) is 9.33. The van der Waals surface area contributed by atoms with Gasteiger partial charge in [-0.25, -0.2) is 4.39 Å². The Morgan fingerprint density at radius 1 is 1.21 bits per heavy atom. The van der Waals surface area contributed by atoms with Crippen LogP contribution in [0.3, 0.4) is 0 Å². The van der Waals surface area contributed by atoms with Gasteiger partial charge in [0, 0.05) is 25.0 Å². The zero-order chi connectivity index (χ0) is 13.1. The lowest BCUT2D eigenvalue weighted by Gasteiger charge is -2.24. The summed E-state index contributed by atoms with van der Waals surface area (Å²) in [6.07, 6.45) is 6.16. The number of hydrogen-bond donors (Lipinski definition) is 0. The highest BCUT2D eigenvalue weighted by Gasteiger charge is 2.25. The topological polar surface area (TPSA) is 21.1 Å². The molecule has 2 heterocycles. The van der Waals surface area contributed by atoms with E-state index in [4.69, 9.17) is 0 Å². The Bertz CT molecular complexity index is 507. The summed E-state index contributed by atoms with van der Waals surface area (Å²) < 4.78 is 14.9. The van der Waals surface area contributed by atoms with Gasteiger partial charge in [-0.05, 0) is 43.1 Å². The lowest BCUT2D eigenvalue weighted by atomic mass is 10.0. The molecule has 2 aromatic rings. The molecule has 3 rings (SSSR count). The van der Waals surface area contributed by atoms with Crippen LogP contribution in [0.15, 0.2) is 42.7 Å². The number of nitrogens with zero attached hydrogens (tertiary/aromatic N) is 3. The van der Waals surface area contributed by atoms with Gasteiger partial charge < -0.3 is 0 Å². The van der Waals surface area contributed by atoms with E-state index in [2.05, 4.69) is 10.00 Å². The highest BCUT2D eigenvalue weighted by molar-refractivity contribution is 5.20. The SMILES string of the molecule is Fc1ccc([C@@H]2CCCN2CCn2cccn2)cc1. The zero-order valence-corrected chi connectivity index (χ0v) is 10.9. The molecule has 0 unspecified atom stereocenters. The molecule has 0 spiro atoms. The Morgan fingerprint density at radius 2 is 2.05 bits per heavy atom. The molecule has 1 aliphatic heterocycles. The lowest BCUT2D eigenvalue weighted by Crippen LogP contribution is -2.27. The first kappa shape index (κ1) is 12.4. The number of rotatable bonds is 4. The van der Waals surface area contributed by atoms with Crippen molar-refractivity contribution in [3.63, 3.8) is 0 Å². The van der Waals surface area contributed by atoms with E-state index < -0.39 is 0 Å². The minimum Gasteiger partial charge on any atom is -0.294 e. The molecule has 1 saturated heterocycles. The van der Waals surface area contributed by atoms with Crippen molar-refractivity contribution in [3.8, 4) is 0 Å². The van der Waals surface area contributed by atoms with Crippen LogP contribution in [0.1, 0.15) is 24.4 Å². The van der Waals surface area contributed by atoms with Crippen molar-refractivity contribution in [2.45, 2.75) is 25.4 Å². The number of likely N-dealkylation sites (tertiary alicyclic amines) is 1. The van der Waals surface area contributed by atoms with Crippen LogP contribution in [0.25, 0.3) is 0 Å². The number of benzene rings is 1. The molecule has 1 aliphatic rings. The largest absolute Gasteiger partial charge is 0.294 e. The molecule has 1 aromatic carbocycles. The summed E-state index contributed by atoms with van der Waals surface area (Å²) in [6, 6.07) is 9.30. The third kappa shape index (κ3) is 2.84. The predicted octanol–water partition coefficient (Wildman–Crippen LogP) is 2.86. The second-order valence-electron chi connectivity index (χ2n) is 5.01. The summed E-state index contributed by atoms with van der Waals surface area (Å²) in [7, 11) is 0. The van der Waals surface area contributed by atoms with Crippen molar-refractivity contribution >= 4 is 0 Å². The first-order valence-corrected chi connectivity index (χ1v) is 6.80. The summed E-state index contributed by atoms with van der Waals surface area (Å²) in [6.45, 7) is 3.01. The Morgan fingerprint density at radius 3 is 2.79 bits per heavy atom. The van der Waals surface area contributed by atoms with Gasteiger partial charge in [-0.15, -0.1) is 0 Å². The molecule has 100 valence electrons. The standard InChI is InChI=1S/C15H18FN3/c16-14-6-4-13(5-7-14)15-3-1-9-18(15)11-12-19-10-2-8-17-19/h2,4-8,10,15H,1,3,9,11-12H2/t15-/m0/s1. The van der Waals surface area contributed by atoms with Gasteiger partial charge in [0.1, 0.15) is 5.82 Å². The van der Waals surface area contributed by atoms with Crippen molar-refractivity contribution in [1.82, 2.24) is 14.7 Å². The molecule has 0 aliphatic carbocycles. The maximum absolute atomic E-state index is 13.0. The van der Waals surface area contributed by atoms with Gasteiger partial charge in [-0.2, -0.15) is 5.10 Å². The predicted molar refractivity (Wildman–Crippen MR) is 72.2 cm³/mol. The molecule has 0 radical (unpaired) electrons. The third-order valence-corrected chi connectivity index (χ3v) is 3.79. The normalized spacial score (nSPS) is 19.9. The van der Waals surface area contributed by atoms with Crippen molar-refractivity contribution in [3.05, 3.63) is 54.1 Å². The van der Waals surface area contributed by atoms with Gasteiger partial charge in [-0.1, -0.05) is 12.1 Å². The molecule has 0 bridgehead atoms. The van der Waals surface area contributed by atoms with Crippen molar-refractivity contribution < 1.29 is 4.39 Å². The molecule has 0 N–H and O–H groups in total. The molecule has 0 saturated carbocycles. The Labute approximate surface area is 112 Å². The minimum absolute atomic E-state index is 0.162. The average Bonchev–Trinajstić information content (AvgIpc) is 3.08. The highest BCUT2D eigenvalue weighted by atomic mass is 19.1. The van der Waals surface area contributed by atoms with Crippen LogP contribution in [0.4, 0.5) is 4.39 Å². The van der Waals surface area contributed by atoms with E-state index in [1.54, 1.807) is 18.3 Å². The Hall–Kier alpha value is -1.68. The van der Waals surface area contributed by atoms with E-state index >= 15 is 0 Å². The number of halogens is 1. The van der Waals surface area contributed by atoms with E-state index in [9.17, 15) is 4.39 Å². The van der Waals surface area contributed by atoms with E-state index in [0.717, 1.165) is 26.1 Å². The van der Waals surface area contributed by atoms with Crippen molar-refractivity contribution in [2.75, 3.05) is 13.1 Å². The Kier molecular flexibility index (Phi) is 3.60. The third-order valence-electron chi connectivity index (χ3n) is 3.79. The van der Waals surface area contributed by atoms with Gasteiger partial charge in [0.15, 0.2) is 0 Å². The molecule has 0 amide bonds. The summed E-state index contributed by atoms with van der Waals surface area (Å²) in [5, 5.41) is 4.23. The second-order valence-corrected chi connectivity index (χ2v) is 5.01. The van der Waals surface area contributed by atoms with E-state index in [1.165, 1.54) is 12.0 Å². The molecule has 19 heavy (non-hydrogen) atoms. The highest BCUT2D eigenvalue weighted by Crippen LogP contribution is 2.31. The summed E-state index contributed by atoms with van der Waals surface area (Å²) in [5.41, 5.74) is 1.22. The van der Waals surface area contributed by atoms with E-state index in [0.29, 0.717) is 6.04 Å². The van der Waals surface area contributed by atoms with Crippen LogP contribution in [-0.4, -0.2) is 27.8 Å². The van der Waals surface area contributed by atoms with Crippen LogP contribution in [0.2, 0.25) is 0 Å². The average molecular weight is 259 g/mol. The Balaban J connectivity index is 1.65. The molecule has 1 fully saturated rings. The maximum Gasteiger partial charge on any atom is 0.123 e. The fourth-order valence-electron chi connectivity index (χ4n) is 2.82. The zero-order valence-electron chi connectivity index (χ0n) is 10.9. The minimum atomic E-state index is -0.162. The van der Waals surface area contributed by atoms with Crippen LogP contribution in [0, 0.1) is 5.82 Å². The molecule has 4 heteroatoms. The van der Waals surface area contributed by atoms with Gasteiger partial charge in [0.2, 0.25) is 0 Å². The van der Waals surface area contributed by atoms with Gasteiger partial charge >= 0.3 is 0 Å². The maximum atomic E-state index is 13.0. The van der Waals surface area contributed by atoms with Crippen molar-refractivity contribution in [1.29, 1.82) is 0 Å². The van der Waals surface area contributed by atoms with Crippen LogP contribution < -0.4 is 0 Å². The second kappa shape index (κ2) is 5.53. The van der Waals surface area contributed by atoms with Crippen LogP contribution >= 0.6 is 0 Å². The fourth-order valence-corrected chi connectivity index (χ4v) is 2.82. The summed E-state index contributed by atoms with van der Waals surface area (Å²) in [4.78, 5) is 2.47. The molecule has 1 atom stereocenters. The molecule has 1 aromatic heterocycles.